The number of carbonyl (C=O) groups is 2. The number of hydrogen-bond acceptors (Lipinski definition) is 5. The number of anilines is 1. The van der Waals surface area contributed by atoms with Crippen molar-refractivity contribution in [2.24, 2.45) is 0 Å². The van der Waals surface area contributed by atoms with Crippen molar-refractivity contribution in [1.29, 1.82) is 0 Å². The van der Waals surface area contributed by atoms with Crippen molar-refractivity contribution in [2.45, 2.75) is 25.8 Å². The fourth-order valence-corrected chi connectivity index (χ4v) is 3.03. The highest BCUT2D eigenvalue weighted by molar-refractivity contribution is 6.01. The average molecular weight is 401 g/mol. The minimum atomic E-state index is -1.14. The maximum Gasteiger partial charge on any atom is 0.291 e. The molecule has 10 heteroatoms. The van der Waals surface area contributed by atoms with Crippen LogP contribution in [0, 0.1) is 11.6 Å². The van der Waals surface area contributed by atoms with Gasteiger partial charge in [-0.05, 0) is 18.1 Å². The summed E-state index contributed by atoms with van der Waals surface area (Å²) in [4.78, 5) is 29.2. The van der Waals surface area contributed by atoms with Gasteiger partial charge >= 0.3 is 0 Å². The number of aromatic nitrogens is 3. The third-order valence-corrected chi connectivity index (χ3v) is 4.48. The van der Waals surface area contributed by atoms with Crippen LogP contribution in [0.25, 0.3) is 5.65 Å². The van der Waals surface area contributed by atoms with Crippen molar-refractivity contribution in [3.8, 4) is 5.75 Å². The zero-order valence-electron chi connectivity index (χ0n) is 15.6. The van der Waals surface area contributed by atoms with Crippen molar-refractivity contribution >= 4 is 23.1 Å². The van der Waals surface area contributed by atoms with Gasteiger partial charge in [-0.25, -0.2) is 18.3 Å². The topological polar surface area (TPSA) is 97.6 Å². The van der Waals surface area contributed by atoms with E-state index in [9.17, 15) is 18.4 Å². The summed E-state index contributed by atoms with van der Waals surface area (Å²) in [6, 6.07) is 5.86. The van der Waals surface area contributed by atoms with Gasteiger partial charge in [-0.3, -0.25) is 9.59 Å². The number of halogens is 2. The lowest BCUT2D eigenvalue weighted by Crippen LogP contribution is -2.46. The fourth-order valence-electron chi connectivity index (χ4n) is 3.03. The smallest absolute Gasteiger partial charge is 0.291 e. The van der Waals surface area contributed by atoms with E-state index in [1.165, 1.54) is 0 Å². The van der Waals surface area contributed by atoms with E-state index >= 15 is 0 Å². The highest BCUT2D eigenvalue weighted by atomic mass is 19.1. The Morgan fingerprint density at radius 2 is 2.14 bits per heavy atom. The summed E-state index contributed by atoms with van der Waals surface area (Å²) in [5, 5.41) is 9.01. The molecule has 2 aromatic heterocycles. The molecular weight excluding hydrogens is 384 g/mol. The van der Waals surface area contributed by atoms with E-state index in [1.807, 2.05) is 26.0 Å². The van der Waals surface area contributed by atoms with Crippen molar-refractivity contribution in [2.75, 3.05) is 11.9 Å². The van der Waals surface area contributed by atoms with Crippen LogP contribution < -0.4 is 15.4 Å². The van der Waals surface area contributed by atoms with Crippen LogP contribution in [0.15, 0.2) is 30.3 Å². The van der Waals surface area contributed by atoms with E-state index in [0.717, 1.165) is 11.8 Å². The van der Waals surface area contributed by atoms with Crippen molar-refractivity contribution in [1.82, 2.24) is 19.9 Å². The van der Waals surface area contributed by atoms with E-state index in [0.29, 0.717) is 11.7 Å². The van der Waals surface area contributed by atoms with Crippen LogP contribution in [-0.2, 0) is 4.79 Å². The Morgan fingerprint density at radius 1 is 1.34 bits per heavy atom. The molecule has 1 aliphatic heterocycles. The fraction of sp³-hybridized carbons (Fsp3) is 0.263. The predicted octanol–water partition coefficient (Wildman–Crippen LogP) is 2.26. The van der Waals surface area contributed by atoms with Gasteiger partial charge in [0.05, 0.1) is 0 Å². The second-order valence-corrected chi connectivity index (χ2v) is 6.90. The molecule has 0 radical (unpaired) electrons. The molecule has 1 atom stereocenters. The lowest BCUT2D eigenvalue weighted by atomic mass is 10.1. The molecule has 1 aliphatic rings. The van der Waals surface area contributed by atoms with Gasteiger partial charge < -0.3 is 15.4 Å². The first kappa shape index (κ1) is 18.8. The summed E-state index contributed by atoms with van der Waals surface area (Å²) in [6.07, 6.45) is 0. The van der Waals surface area contributed by atoms with Crippen molar-refractivity contribution < 1.29 is 23.1 Å². The number of pyridine rings is 1. The van der Waals surface area contributed by atoms with Gasteiger partial charge in [-0.15, -0.1) is 5.10 Å². The molecule has 2 amide bonds. The number of nitrogens with zero attached hydrogens (tertiary/aromatic N) is 3. The summed E-state index contributed by atoms with van der Waals surface area (Å²) in [7, 11) is 0. The molecule has 3 heterocycles. The molecule has 8 nitrogen and oxygen atoms in total. The Morgan fingerprint density at radius 3 is 2.90 bits per heavy atom. The number of rotatable bonds is 3. The molecule has 1 aromatic carbocycles. The van der Waals surface area contributed by atoms with Crippen LogP contribution in [0.4, 0.5) is 14.5 Å². The number of nitrogens with one attached hydrogen (secondary N) is 2. The Labute approximate surface area is 163 Å². The van der Waals surface area contributed by atoms with Crippen LogP contribution in [0.3, 0.4) is 0 Å². The van der Waals surface area contributed by atoms with Crippen molar-refractivity contribution in [3.63, 3.8) is 0 Å². The first-order valence-electron chi connectivity index (χ1n) is 8.92. The van der Waals surface area contributed by atoms with Gasteiger partial charge in [0.1, 0.15) is 29.9 Å². The molecule has 2 N–H and O–H groups in total. The van der Waals surface area contributed by atoms with E-state index in [4.69, 9.17) is 4.74 Å². The number of benzene rings is 1. The van der Waals surface area contributed by atoms with Crippen LogP contribution in [0.1, 0.15) is 36.1 Å². The van der Waals surface area contributed by atoms with Gasteiger partial charge in [0.2, 0.25) is 5.82 Å². The molecule has 0 bridgehead atoms. The standard InChI is InChI=1S/C19H17F2N5O3/c1-9(2)13-4-3-5-15-23-17(25-26(13)15)19(28)22-12-8-29-14-7-10(20)6-11(21)16(14)24-18(12)27/h3-7,9,12H,8H2,1-2H3,(H,22,28)(H,24,27)/t12-/m0/s1. The molecule has 0 unspecified atom stereocenters. The van der Waals surface area contributed by atoms with Crippen molar-refractivity contribution in [3.05, 3.63) is 53.5 Å². The first-order chi connectivity index (χ1) is 13.8. The van der Waals surface area contributed by atoms with Gasteiger partial charge in [0.15, 0.2) is 11.5 Å². The minimum absolute atomic E-state index is 0.120. The molecule has 29 heavy (non-hydrogen) atoms. The second-order valence-electron chi connectivity index (χ2n) is 6.90. The van der Waals surface area contributed by atoms with E-state index in [1.54, 1.807) is 10.6 Å². The largest absolute Gasteiger partial charge is 0.488 e. The Balaban J connectivity index is 1.56. The van der Waals surface area contributed by atoms with Gasteiger partial charge in [0.25, 0.3) is 11.8 Å². The normalized spacial score (nSPS) is 16.2. The van der Waals surface area contributed by atoms with Gasteiger partial charge in [-0.1, -0.05) is 19.9 Å². The minimum Gasteiger partial charge on any atom is -0.488 e. The molecule has 150 valence electrons. The molecule has 0 fully saturated rings. The van der Waals surface area contributed by atoms with Gasteiger partial charge in [0, 0.05) is 17.8 Å². The number of fused-ring (bicyclic) bond motifs is 2. The number of hydrogen-bond donors (Lipinski definition) is 2. The number of ether oxygens (including phenoxy) is 1. The third-order valence-electron chi connectivity index (χ3n) is 4.48. The zero-order chi connectivity index (χ0) is 20.7. The highest BCUT2D eigenvalue weighted by Gasteiger charge is 2.30. The molecule has 3 aromatic rings. The van der Waals surface area contributed by atoms with Crippen LogP contribution in [-0.4, -0.2) is 39.1 Å². The molecule has 0 saturated heterocycles. The number of amides is 2. The second kappa shape index (κ2) is 7.12. The molecule has 0 saturated carbocycles. The summed E-state index contributed by atoms with van der Waals surface area (Å²) in [5.41, 5.74) is 1.09. The predicted molar refractivity (Wildman–Crippen MR) is 98.8 cm³/mol. The SMILES string of the molecule is CC(C)c1cccc2nc(C(=O)N[C@H]3COc4cc(F)cc(F)c4NC3=O)nn12. The lowest BCUT2D eigenvalue weighted by Gasteiger charge is -2.13. The van der Waals surface area contributed by atoms with Crippen LogP contribution in [0.5, 0.6) is 5.75 Å². The van der Waals surface area contributed by atoms with Gasteiger partial charge in [-0.2, -0.15) is 0 Å². The van der Waals surface area contributed by atoms with Crippen LogP contribution in [0.2, 0.25) is 0 Å². The first-order valence-corrected chi connectivity index (χ1v) is 8.92. The summed E-state index contributed by atoms with van der Waals surface area (Å²) in [6.45, 7) is 3.67. The maximum atomic E-state index is 13.9. The Hall–Kier alpha value is -3.56. The van der Waals surface area contributed by atoms with E-state index in [-0.39, 0.29) is 29.8 Å². The Bertz CT molecular complexity index is 1130. The number of carbonyl (C=O) groups excluding carboxylic acids is 2. The quantitative estimate of drug-likeness (QED) is 0.702. The average Bonchev–Trinajstić information content (AvgIpc) is 3.04. The third kappa shape index (κ3) is 3.48. The molecular formula is C19H17F2N5O3. The molecule has 4 rings (SSSR count). The lowest BCUT2D eigenvalue weighted by molar-refractivity contribution is -0.118. The zero-order valence-corrected chi connectivity index (χ0v) is 15.6. The molecule has 0 aliphatic carbocycles. The monoisotopic (exact) mass is 401 g/mol. The maximum absolute atomic E-state index is 13.9. The Kier molecular flexibility index (Phi) is 4.61. The highest BCUT2D eigenvalue weighted by Crippen LogP contribution is 2.31. The summed E-state index contributed by atoms with van der Waals surface area (Å²) < 4.78 is 34.2. The summed E-state index contributed by atoms with van der Waals surface area (Å²) >= 11 is 0. The summed E-state index contributed by atoms with van der Waals surface area (Å²) in [5.74, 6) is -3.31. The van der Waals surface area contributed by atoms with E-state index in [2.05, 4.69) is 20.7 Å². The van der Waals surface area contributed by atoms with E-state index < -0.39 is 29.5 Å². The molecule has 0 spiro atoms. The van der Waals surface area contributed by atoms with Crippen LogP contribution >= 0.6 is 0 Å².